The van der Waals surface area contributed by atoms with Gasteiger partial charge in [-0.25, -0.2) is 8.78 Å². The van der Waals surface area contributed by atoms with Crippen molar-refractivity contribution in [2.24, 2.45) is 0 Å². The van der Waals surface area contributed by atoms with Crippen LogP contribution in [0.15, 0.2) is 34.1 Å². The van der Waals surface area contributed by atoms with Gasteiger partial charge in [0.15, 0.2) is 5.82 Å². The Labute approximate surface area is 123 Å². The fourth-order valence-electron chi connectivity index (χ4n) is 1.74. The Morgan fingerprint density at radius 2 is 1.95 bits per heavy atom. The maximum Gasteiger partial charge on any atom is 0.208 e. The van der Waals surface area contributed by atoms with Crippen molar-refractivity contribution in [3.63, 3.8) is 0 Å². The second kappa shape index (κ2) is 4.77. The molecule has 2 heterocycles. The topological polar surface area (TPSA) is 17.1 Å². The van der Waals surface area contributed by atoms with E-state index in [4.69, 9.17) is 0 Å². The molecule has 3 rings (SSSR count). The van der Waals surface area contributed by atoms with E-state index in [0.29, 0.717) is 4.88 Å². The van der Waals surface area contributed by atoms with Crippen molar-refractivity contribution in [2.45, 2.75) is 0 Å². The van der Waals surface area contributed by atoms with Crippen LogP contribution in [0.4, 0.5) is 8.78 Å². The first-order chi connectivity index (χ1) is 9.08. The Hall–Kier alpha value is -1.11. The van der Waals surface area contributed by atoms with Gasteiger partial charge in [0.05, 0.1) is 14.9 Å². The van der Waals surface area contributed by atoms with Gasteiger partial charge in [-0.1, -0.05) is 0 Å². The number of halogens is 3. The number of hydrogen-bond donors (Lipinski definition) is 0. The maximum absolute atomic E-state index is 13.9. The zero-order valence-corrected chi connectivity index (χ0v) is 12.5. The van der Waals surface area contributed by atoms with Crippen molar-refractivity contribution in [3.05, 3.63) is 56.2 Å². The fourth-order valence-corrected chi connectivity index (χ4v) is 4.12. The first kappa shape index (κ1) is 12.9. The molecule has 0 bridgehead atoms. The summed E-state index contributed by atoms with van der Waals surface area (Å²) in [6.07, 6.45) is 0. The minimum atomic E-state index is -0.859. The van der Waals surface area contributed by atoms with Gasteiger partial charge in [-0.3, -0.25) is 4.79 Å². The predicted molar refractivity (Wildman–Crippen MR) is 77.2 cm³/mol. The molecule has 0 aliphatic carbocycles. The normalized spacial score (nSPS) is 11.1. The van der Waals surface area contributed by atoms with Crippen molar-refractivity contribution in [1.29, 1.82) is 0 Å². The molecule has 2 aromatic heterocycles. The molecule has 1 nitrogen and oxygen atoms in total. The highest BCUT2D eigenvalue weighted by Gasteiger charge is 2.22. The average Bonchev–Trinajstić information content (AvgIpc) is 2.94. The van der Waals surface area contributed by atoms with Crippen LogP contribution < -0.4 is 0 Å². The van der Waals surface area contributed by atoms with Gasteiger partial charge in [-0.2, -0.15) is 0 Å². The summed E-state index contributed by atoms with van der Waals surface area (Å²) in [5, 5.41) is 1.91. The van der Waals surface area contributed by atoms with Crippen molar-refractivity contribution in [1.82, 2.24) is 0 Å². The SMILES string of the molecule is O=C(c1cc2sccc2s1)c1c(F)ccc(Br)c1F. The number of carbonyl (C=O) groups is 1. The van der Waals surface area contributed by atoms with E-state index in [9.17, 15) is 13.6 Å². The van der Waals surface area contributed by atoms with Gasteiger partial charge in [-0.05, 0) is 45.6 Å². The van der Waals surface area contributed by atoms with Gasteiger partial charge < -0.3 is 0 Å². The number of carbonyl (C=O) groups excluding carboxylic acids is 1. The van der Waals surface area contributed by atoms with Crippen LogP contribution in [-0.2, 0) is 0 Å². The Morgan fingerprint density at radius 1 is 1.16 bits per heavy atom. The molecular formula is C13H5BrF2OS2. The Bertz CT molecular complexity index is 763. The lowest BCUT2D eigenvalue weighted by atomic mass is 10.1. The van der Waals surface area contributed by atoms with E-state index in [0.717, 1.165) is 15.5 Å². The third kappa shape index (κ3) is 2.13. The number of rotatable bonds is 2. The fraction of sp³-hybridized carbons (Fsp3) is 0. The van der Waals surface area contributed by atoms with Crippen molar-refractivity contribution >= 4 is 53.8 Å². The third-order valence-electron chi connectivity index (χ3n) is 2.63. The van der Waals surface area contributed by atoms with Crippen LogP contribution in [0.5, 0.6) is 0 Å². The molecule has 96 valence electrons. The van der Waals surface area contributed by atoms with E-state index < -0.39 is 23.0 Å². The Kier molecular flexibility index (Phi) is 3.24. The van der Waals surface area contributed by atoms with Gasteiger partial charge in [0.2, 0.25) is 5.78 Å². The van der Waals surface area contributed by atoms with E-state index in [1.54, 1.807) is 6.07 Å². The van der Waals surface area contributed by atoms with Crippen LogP contribution in [0.25, 0.3) is 9.40 Å². The molecule has 0 aliphatic rings. The second-order valence-electron chi connectivity index (χ2n) is 3.81. The smallest absolute Gasteiger partial charge is 0.208 e. The van der Waals surface area contributed by atoms with Gasteiger partial charge in [0, 0.05) is 9.40 Å². The third-order valence-corrected chi connectivity index (χ3v) is 5.34. The number of benzene rings is 1. The summed E-state index contributed by atoms with van der Waals surface area (Å²) in [6, 6.07) is 5.88. The van der Waals surface area contributed by atoms with Gasteiger partial charge in [0.1, 0.15) is 5.82 Å². The summed E-state index contributed by atoms with van der Waals surface area (Å²) in [5.74, 6) is -2.33. The van der Waals surface area contributed by atoms with E-state index in [-0.39, 0.29) is 4.47 Å². The van der Waals surface area contributed by atoms with Crippen LogP contribution in [0, 0.1) is 11.6 Å². The zero-order valence-electron chi connectivity index (χ0n) is 9.25. The Balaban J connectivity index is 2.14. The van der Waals surface area contributed by atoms with Gasteiger partial charge in [-0.15, -0.1) is 22.7 Å². The molecule has 0 saturated carbocycles. The highest BCUT2D eigenvalue weighted by Crippen LogP contribution is 2.33. The monoisotopic (exact) mass is 358 g/mol. The highest BCUT2D eigenvalue weighted by molar-refractivity contribution is 9.10. The summed E-state index contributed by atoms with van der Waals surface area (Å²) in [6.45, 7) is 0. The highest BCUT2D eigenvalue weighted by atomic mass is 79.9. The second-order valence-corrected chi connectivity index (χ2v) is 6.69. The van der Waals surface area contributed by atoms with E-state index in [1.165, 1.54) is 28.7 Å². The summed E-state index contributed by atoms with van der Waals surface area (Å²) >= 11 is 5.70. The summed E-state index contributed by atoms with van der Waals surface area (Å²) in [7, 11) is 0. The molecular weight excluding hydrogens is 354 g/mol. The van der Waals surface area contributed by atoms with Crippen LogP contribution in [0.1, 0.15) is 15.2 Å². The van der Waals surface area contributed by atoms with Crippen LogP contribution in [0.2, 0.25) is 0 Å². The average molecular weight is 359 g/mol. The molecule has 0 N–H and O–H groups in total. The minimum Gasteiger partial charge on any atom is -0.287 e. The number of fused-ring (bicyclic) bond motifs is 1. The molecule has 6 heteroatoms. The van der Waals surface area contributed by atoms with Gasteiger partial charge >= 0.3 is 0 Å². The van der Waals surface area contributed by atoms with Crippen LogP contribution in [-0.4, -0.2) is 5.78 Å². The molecule has 3 aromatic rings. The molecule has 0 unspecified atom stereocenters. The quantitative estimate of drug-likeness (QED) is 0.452. The number of hydrogen-bond acceptors (Lipinski definition) is 3. The summed E-state index contributed by atoms with van der Waals surface area (Å²) in [5.41, 5.74) is -0.511. The molecule has 0 amide bonds. The van der Waals surface area contributed by atoms with Crippen LogP contribution in [0.3, 0.4) is 0 Å². The minimum absolute atomic E-state index is 0.0793. The van der Waals surface area contributed by atoms with Crippen molar-refractivity contribution in [3.8, 4) is 0 Å². The first-order valence-corrected chi connectivity index (χ1v) is 7.72. The molecule has 0 spiro atoms. The van der Waals surface area contributed by atoms with Crippen molar-refractivity contribution in [2.75, 3.05) is 0 Å². The van der Waals surface area contributed by atoms with Crippen LogP contribution >= 0.6 is 38.6 Å². The lowest BCUT2D eigenvalue weighted by Crippen LogP contribution is -2.06. The Morgan fingerprint density at radius 3 is 2.68 bits per heavy atom. The molecule has 0 radical (unpaired) electrons. The summed E-state index contributed by atoms with van der Waals surface area (Å²) < 4.78 is 29.5. The molecule has 0 fully saturated rings. The van der Waals surface area contributed by atoms with Crippen molar-refractivity contribution < 1.29 is 13.6 Å². The molecule has 1 aromatic carbocycles. The molecule has 0 aliphatic heterocycles. The van der Waals surface area contributed by atoms with E-state index >= 15 is 0 Å². The standard InChI is InChI=1S/C13H5BrF2OS2/c14-6-1-2-7(15)11(12(6)16)13(17)10-5-9-8(19-10)3-4-18-9/h1-5H. The first-order valence-electron chi connectivity index (χ1n) is 5.23. The molecule has 0 atom stereocenters. The summed E-state index contributed by atoms with van der Waals surface area (Å²) in [4.78, 5) is 12.6. The largest absolute Gasteiger partial charge is 0.287 e. The lowest BCUT2D eigenvalue weighted by molar-refractivity contribution is 0.103. The number of thiophene rings is 2. The van der Waals surface area contributed by atoms with Gasteiger partial charge in [0.25, 0.3) is 0 Å². The molecule has 19 heavy (non-hydrogen) atoms. The maximum atomic E-state index is 13.9. The van der Waals surface area contributed by atoms with E-state index in [2.05, 4.69) is 15.9 Å². The lowest BCUT2D eigenvalue weighted by Gasteiger charge is -2.03. The predicted octanol–water partition coefficient (Wildman–Crippen LogP) is 5.23. The zero-order chi connectivity index (χ0) is 13.6. The molecule has 0 saturated heterocycles. The van der Waals surface area contributed by atoms with E-state index in [1.807, 2.05) is 11.4 Å². The number of ketones is 1.